The highest BCUT2D eigenvalue weighted by atomic mass is 35.5. The molecule has 0 unspecified atom stereocenters. The third-order valence-electron chi connectivity index (χ3n) is 2.60. The SMILES string of the molecule is O=C(Cc1c(F)cccc1Cl)Nc1ccc(F)cc1F. The van der Waals surface area contributed by atoms with Crippen LogP contribution in [0.15, 0.2) is 36.4 Å². The average Bonchev–Trinajstić information content (AvgIpc) is 2.37. The van der Waals surface area contributed by atoms with Gasteiger partial charge < -0.3 is 5.32 Å². The van der Waals surface area contributed by atoms with Crippen molar-refractivity contribution in [1.29, 1.82) is 0 Å². The minimum absolute atomic E-state index is 0.0224. The van der Waals surface area contributed by atoms with Gasteiger partial charge in [0.25, 0.3) is 0 Å². The lowest BCUT2D eigenvalue weighted by atomic mass is 10.1. The fraction of sp³-hybridized carbons (Fsp3) is 0.0714. The van der Waals surface area contributed by atoms with E-state index in [1.165, 1.54) is 18.2 Å². The second-order valence-corrected chi connectivity index (χ2v) is 4.46. The lowest BCUT2D eigenvalue weighted by Crippen LogP contribution is -2.16. The first-order valence-electron chi connectivity index (χ1n) is 5.65. The molecule has 2 rings (SSSR count). The van der Waals surface area contributed by atoms with Crippen molar-refractivity contribution in [3.05, 3.63) is 64.4 Å². The first-order valence-corrected chi connectivity index (χ1v) is 6.03. The van der Waals surface area contributed by atoms with Crippen molar-refractivity contribution in [3.8, 4) is 0 Å². The highest BCUT2D eigenvalue weighted by Gasteiger charge is 2.13. The van der Waals surface area contributed by atoms with Gasteiger partial charge in [-0.2, -0.15) is 0 Å². The number of nitrogens with one attached hydrogen (secondary N) is 1. The Morgan fingerprint density at radius 1 is 1.10 bits per heavy atom. The number of carbonyl (C=O) groups is 1. The first-order chi connectivity index (χ1) is 9.47. The van der Waals surface area contributed by atoms with Gasteiger partial charge in [-0.3, -0.25) is 4.79 Å². The van der Waals surface area contributed by atoms with Crippen molar-refractivity contribution in [2.45, 2.75) is 6.42 Å². The highest BCUT2D eigenvalue weighted by Crippen LogP contribution is 2.21. The van der Waals surface area contributed by atoms with Crippen LogP contribution in [0.2, 0.25) is 5.02 Å². The van der Waals surface area contributed by atoms with Crippen LogP contribution in [0.25, 0.3) is 0 Å². The fourth-order valence-corrected chi connectivity index (χ4v) is 1.88. The Bertz CT molecular complexity index is 641. The molecule has 0 atom stereocenters. The van der Waals surface area contributed by atoms with E-state index in [1.54, 1.807) is 0 Å². The van der Waals surface area contributed by atoms with Gasteiger partial charge in [0, 0.05) is 16.7 Å². The largest absolute Gasteiger partial charge is 0.323 e. The number of carbonyl (C=O) groups excluding carboxylic acids is 1. The molecule has 0 spiro atoms. The van der Waals surface area contributed by atoms with Gasteiger partial charge in [0.2, 0.25) is 5.91 Å². The summed E-state index contributed by atoms with van der Waals surface area (Å²) in [5.41, 5.74) is -0.155. The smallest absolute Gasteiger partial charge is 0.229 e. The molecule has 0 aromatic heterocycles. The number of hydrogen-bond acceptors (Lipinski definition) is 1. The quantitative estimate of drug-likeness (QED) is 0.914. The van der Waals surface area contributed by atoms with Crippen molar-refractivity contribution in [2.24, 2.45) is 0 Å². The molecule has 0 saturated carbocycles. The maximum atomic E-state index is 13.5. The molecule has 0 fully saturated rings. The monoisotopic (exact) mass is 299 g/mol. The van der Waals surface area contributed by atoms with Crippen molar-refractivity contribution in [2.75, 3.05) is 5.32 Å². The Labute approximate surface area is 118 Å². The maximum absolute atomic E-state index is 13.5. The molecule has 104 valence electrons. The van der Waals surface area contributed by atoms with E-state index in [-0.39, 0.29) is 22.7 Å². The topological polar surface area (TPSA) is 29.1 Å². The zero-order chi connectivity index (χ0) is 14.7. The summed E-state index contributed by atoms with van der Waals surface area (Å²) >= 11 is 5.78. The summed E-state index contributed by atoms with van der Waals surface area (Å²) < 4.78 is 39.6. The van der Waals surface area contributed by atoms with E-state index in [0.717, 1.165) is 12.1 Å². The molecular weight excluding hydrogens is 291 g/mol. The molecule has 0 saturated heterocycles. The van der Waals surface area contributed by atoms with E-state index >= 15 is 0 Å². The summed E-state index contributed by atoms with van der Waals surface area (Å²) in [5, 5.41) is 2.35. The van der Waals surface area contributed by atoms with Gasteiger partial charge in [-0.15, -0.1) is 0 Å². The molecule has 2 nitrogen and oxygen atoms in total. The first kappa shape index (κ1) is 14.4. The van der Waals surface area contributed by atoms with E-state index in [1.807, 2.05) is 0 Å². The van der Waals surface area contributed by atoms with Gasteiger partial charge in [0.15, 0.2) is 0 Å². The van der Waals surface area contributed by atoms with E-state index in [4.69, 9.17) is 11.6 Å². The normalized spacial score (nSPS) is 10.4. The summed E-state index contributed by atoms with van der Waals surface area (Å²) in [4.78, 5) is 11.7. The Morgan fingerprint density at radius 2 is 1.85 bits per heavy atom. The summed E-state index contributed by atoms with van der Waals surface area (Å²) in [7, 11) is 0. The second-order valence-electron chi connectivity index (χ2n) is 4.05. The summed E-state index contributed by atoms with van der Waals surface area (Å²) in [5.74, 6) is -2.93. The van der Waals surface area contributed by atoms with Gasteiger partial charge in [-0.25, -0.2) is 13.2 Å². The molecule has 6 heteroatoms. The van der Waals surface area contributed by atoms with E-state index in [0.29, 0.717) is 6.07 Å². The number of anilines is 1. The van der Waals surface area contributed by atoms with Crippen LogP contribution in [0.1, 0.15) is 5.56 Å². The Hall–Kier alpha value is -2.01. The molecule has 0 radical (unpaired) electrons. The number of rotatable bonds is 3. The van der Waals surface area contributed by atoms with E-state index in [2.05, 4.69) is 5.32 Å². The standard InChI is InChI=1S/C14H9ClF3NO/c15-10-2-1-3-11(17)9(10)7-14(20)19-13-5-4-8(16)6-12(13)18/h1-6H,7H2,(H,19,20). The molecular formula is C14H9ClF3NO. The zero-order valence-electron chi connectivity index (χ0n) is 10.1. The average molecular weight is 300 g/mol. The lowest BCUT2D eigenvalue weighted by Gasteiger charge is -2.08. The van der Waals surface area contributed by atoms with E-state index < -0.39 is 23.4 Å². The lowest BCUT2D eigenvalue weighted by molar-refractivity contribution is -0.115. The minimum atomic E-state index is -0.905. The van der Waals surface area contributed by atoms with Crippen molar-refractivity contribution < 1.29 is 18.0 Å². The summed E-state index contributed by atoms with van der Waals surface area (Å²) in [6, 6.07) is 6.78. The molecule has 2 aromatic carbocycles. The number of amides is 1. The van der Waals surface area contributed by atoms with Crippen LogP contribution >= 0.6 is 11.6 Å². The fourth-order valence-electron chi connectivity index (χ4n) is 1.65. The van der Waals surface area contributed by atoms with Gasteiger partial charge >= 0.3 is 0 Å². The van der Waals surface area contributed by atoms with Crippen molar-refractivity contribution >= 4 is 23.2 Å². The molecule has 1 N–H and O–H groups in total. The molecule has 0 bridgehead atoms. The Kier molecular flexibility index (Phi) is 4.29. The molecule has 0 heterocycles. The Balaban J connectivity index is 2.13. The minimum Gasteiger partial charge on any atom is -0.323 e. The molecule has 1 amide bonds. The summed E-state index contributed by atoms with van der Waals surface area (Å²) in [6.45, 7) is 0. The third kappa shape index (κ3) is 3.30. The van der Waals surface area contributed by atoms with Crippen LogP contribution in [0.5, 0.6) is 0 Å². The molecule has 20 heavy (non-hydrogen) atoms. The highest BCUT2D eigenvalue weighted by molar-refractivity contribution is 6.31. The van der Waals surface area contributed by atoms with E-state index in [9.17, 15) is 18.0 Å². The predicted molar refractivity (Wildman–Crippen MR) is 70.1 cm³/mol. The zero-order valence-corrected chi connectivity index (χ0v) is 10.8. The van der Waals surface area contributed by atoms with Gasteiger partial charge in [0.05, 0.1) is 12.1 Å². The molecule has 0 aliphatic heterocycles. The number of hydrogen-bond donors (Lipinski definition) is 1. The second kappa shape index (κ2) is 5.96. The summed E-state index contributed by atoms with van der Waals surface area (Å²) in [6.07, 6.45) is -0.345. The number of benzene rings is 2. The number of halogens is 4. The van der Waals surface area contributed by atoms with Crippen molar-refractivity contribution in [1.82, 2.24) is 0 Å². The van der Waals surface area contributed by atoms with Crippen LogP contribution in [0.4, 0.5) is 18.9 Å². The van der Waals surface area contributed by atoms with Crippen LogP contribution in [0, 0.1) is 17.5 Å². The third-order valence-corrected chi connectivity index (χ3v) is 2.96. The maximum Gasteiger partial charge on any atom is 0.229 e. The van der Waals surface area contributed by atoms with Crippen LogP contribution in [0.3, 0.4) is 0 Å². The predicted octanol–water partition coefficient (Wildman–Crippen LogP) is 3.94. The van der Waals surface area contributed by atoms with Crippen molar-refractivity contribution in [3.63, 3.8) is 0 Å². The van der Waals surface area contributed by atoms with Crippen LogP contribution in [-0.4, -0.2) is 5.91 Å². The van der Waals surface area contributed by atoms with Crippen LogP contribution < -0.4 is 5.32 Å². The van der Waals surface area contributed by atoms with Gasteiger partial charge in [0.1, 0.15) is 17.5 Å². The van der Waals surface area contributed by atoms with Crippen LogP contribution in [-0.2, 0) is 11.2 Å². The van der Waals surface area contributed by atoms with Gasteiger partial charge in [-0.1, -0.05) is 17.7 Å². The van der Waals surface area contributed by atoms with Gasteiger partial charge in [-0.05, 0) is 24.3 Å². The molecule has 2 aromatic rings. The molecule has 0 aliphatic carbocycles. The Morgan fingerprint density at radius 3 is 2.50 bits per heavy atom. The molecule has 0 aliphatic rings.